The molecule has 164 valence electrons. The number of hydrogen-bond acceptors (Lipinski definition) is 4. The molecular formula is C23H20F3N5O. The van der Waals surface area contributed by atoms with Crippen molar-refractivity contribution in [1.82, 2.24) is 24.7 Å². The molecule has 1 aromatic carbocycles. The molecule has 32 heavy (non-hydrogen) atoms. The van der Waals surface area contributed by atoms with Crippen molar-refractivity contribution >= 4 is 11.0 Å². The monoisotopic (exact) mass is 439 g/mol. The van der Waals surface area contributed by atoms with Crippen molar-refractivity contribution in [2.75, 3.05) is 0 Å². The van der Waals surface area contributed by atoms with E-state index in [1.54, 1.807) is 29.2 Å². The Morgan fingerprint density at radius 2 is 1.97 bits per heavy atom. The average molecular weight is 439 g/mol. The number of benzene rings is 1. The highest BCUT2D eigenvalue weighted by Gasteiger charge is 2.36. The highest BCUT2D eigenvalue weighted by Crippen LogP contribution is 2.38. The van der Waals surface area contributed by atoms with E-state index in [0.717, 1.165) is 11.1 Å². The smallest absolute Gasteiger partial charge is 0.262 e. The normalized spacial score (nSPS) is 16.5. The van der Waals surface area contributed by atoms with Crippen LogP contribution < -0.4 is 5.56 Å². The number of aromatic nitrogens is 5. The molecule has 3 aromatic heterocycles. The van der Waals surface area contributed by atoms with E-state index in [2.05, 4.69) is 20.1 Å². The fraction of sp³-hybridized carbons (Fsp3) is 0.304. The molecule has 0 saturated heterocycles. The molecule has 1 fully saturated rings. The molecule has 0 atom stereocenters. The second-order valence-electron chi connectivity index (χ2n) is 8.15. The van der Waals surface area contributed by atoms with Gasteiger partial charge >= 0.3 is 0 Å². The summed E-state index contributed by atoms with van der Waals surface area (Å²) < 4.78 is 42.8. The van der Waals surface area contributed by atoms with Gasteiger partial charge in [0, 0.05) is 37.2 Å². The Kier molecular flexibility index (Phi) is 5.03. The van der Waals surface area contributed by atoms with Crippen LogP contribution in [0.4, 0.5) is 13.2 Å². The van der Waals surface area contributed by atoms with Gasteiger partial charge < -0.3 is 4.98 Å². The van der Waals surface area contributed by atoms with Gasteiger partial charge in [-0.2, -0.15) is 5.10 Å². The third-order valence-electron chi connectivity index (χ3n) is 5.94. The summed E-state index contributed by atoms with van der Waals surface area (Å²) in [6.45, 7) is 0. The molecule has 9 heteroatoms. The molecule has 0 spiro atoms. The summed E-state index contributed by atoms with van der Waals surface area (Å²) in [5.74, 6) is -2.71. The van der Waals surface area contributed by atoms with Crippen molar-refractivity contribution in [3.05, 3.63) is 76.5 Å². The fourth-order valence-corrected chi connectivity index (χ4v) is 4.29. The van der Waals surface area contributed by atoms with Gasteiger partial charge in [0.15, 0.2) is 5.65 Å². The number of aromatic amines is 1. The van der Waals surface area contributed by atoms with Gasteiger partial charge in [-0.25, -0.2) is 22.8 Å². The Hall–Kier alpha value is -3.49. The maximum absolute atomic E-state index is 14.0. The van der Waals surface area contributed by atoms with Crippen LogP contribution >= 0.6 is 0 Å². The third kappa shape index (κ3) is 3.90. The lowest BCUT2D eigenvalue weighted by atomic mass is 9.92. The van der Waals surface area contributed by atoms with E-state index < -0.39 is 11.7 Å². The summed E-state index contributed by atoms with van der Waals surface area (Å²) in [5.41, 5.74) is 2.24. The third-order valence-corrected chi connectivity index (χ3v) is 5.94. The minimum Gasteiger partial charge on any atom is -0.310 e. The van der Waals surface area contributed by atoms with Gasteiger partial charge in [0.05, 0.1) is 12.2 Å². The summed E-state index contributed by atoms with van der Waals surface area (Å²) >= 11 is 0. The standard InChI is InChI=1S/C23H20F3N5O/c24-16-3-4-18(14-2-1-9-27-12-14)15(10-16)11-20-29-21-19(22(32)30-20)13-28-31(21)17-5-7-23(25,26)8-6-17/h1-4,9-10,12-13,17H,5-8,11H2,(H,29,30,32). The molecule has 0 amide bonds. The SMILES string of the molecule is O=c1[nH]c(Cc2cc(F)ccc2-c2cccnc2)nc2c1cnn2C1CCC(F)(F)CC1. The lowest BCUT2D eigenvalue weighted by Gasteiger charge is -2.28. The zero-order valence-electron chi connectivity index (χ0n) is 17.1. The van der Waals surface area contributed by atoms with Gasteiger partial charge in [0.25, 0.3) is 5.56 Å². The quantitative estimate of drug-likeness (QED) is 0.502. The molecule has 1 aliphatic rings. The highest BCUT2D eigenvalue weighted by atomic mass is 19.3. The highest BCUT2D eigenvalue weighted by molar-refractivity contribution is 5.73. The van der Waals surface area contributed by atoms with Crippen molar-refractivity contribution in [2.45, 2.75) is 44.1 Å². The van der Waals surface area contributed by atoms with Gasteiger partial charge in [-0.1, -0.05) is 12.1 Å². The zero-order valence-corrected chi connectivity index (χ0v) is 17.1. The van der Waals surface area contributed by atoms with Gasteiger partial charge in [-0.3, -0.25) is 9.78 Å². The molecule has 1 aliphatic carbocycles. The first-order chi connectivity index (χ1) is 15.4. The number of fused-ring (bicyclic) bond motifs is 1. The van der Waals surface area contributed by atoms with Crippen molar-refractivity contribution in [2.24, 2.45) is 0 Å². The number of nitrogens with zero attached hydrogens (tertiary/aromatic N) is 4. The van der Waals surface area contributed by atoms with Gasteiger partial charge in [-0.05, 0) is 42.2 Å². The summed E-state index contributed by atoms with van der Waals surface area (Å²) in [6.07, 6.45) is 5.04. The lowest BCUT2D eigenvalue weighted by molar-refractivity contribution is -0.0446. The molecule has 0 aliphatic heterocycles. The first-order valence-electron chi connectivity index (χ1n) is 10.4. The predicted octanol–water partition coefficient (Wildman–Crippen LogP) is 4.66. The average Bonchev–Trinajstić information content (AvgIpc) is 3.19. The van der Waals surface area contributed by atoms with Crippen LogP contribution in [0.1, 0.15) is 43.1 Å². The molecular weight excluding hydrogens is 419 g/mol. The zero-order chi connectivity index (χ0) is 22.3. The minimum atomic E-state index is -2.66. The number of rotatable bonds is 4. The van der Waals surface area contributed by atoms with Crippen LogP contribution in [0.5, 0.6) is 0 Å². The van der Waals surface area contributed by atoms with E-state index >= 15 is 0 Å². The largest absolute Gasteiger partial charge is 0.310 e. The topological polar surface area (TPSA) is 76.5 Å². The van der Waals surface area contributed by atoms with Crippen molar-refractivity contribution < 1.29 is 13.2 Å². The number of pyridine rings is 1. The molecule has 6 nitrogen and oxygen atoms in total. The number of hydrogen-bond donors (Lipinski definition) is 1. The molecule has 4 aromatic rings. The molecule has 0 radical (unpaired) electrons. The van der Waals surface area contributed by atoms with Crippen LogP contribution in [-0.4, -0.2) is 30.7 Å². The van der Waals surface area contributed by atoms with Crippen LogP contribution in [0.25, 0.3) is 22.2 Å². The number of alkyl halides is 2. The Labute approximate surface area is 181 Å². The molecule has 0 unspecified atom stereocenters. The van der Waals surface area contributed by atoms with E-state index in [9.17, 15) is 18.0 Å². The first kappa shape index (κ1) is 20.4. The Morgan fingerprint density at radius 3 is 2.72 bits per heavy atom. The van der Waals surface area contributed by atoms with Crippen molar-refractivity contribution in [3.63, 3.8) is 0 Å². The van der Waals surface area contributed by atoms with Crippen molar-refractivity contribution in [1.29, 1.82) is 0 Å². The summed E-state index contributed by atoms with van der Waals surface area (Å²) in [6, 6.07) is 7.88. The molecule has 0 bridgehead atoms. The Morgan fingerprint density at radius 1 is 1.16 bits per heavy atom. The van der Waals surface area contributed by atoms with Crippen LogP contribution in [0, 0.1) is 5.82 Å². The van der Waals surface area contributed by atoms with Crippen molar-refractivity contribution in [3.8, 4) is 11.1 Å². The molecule has 1 saturated carbocycles. The number of H-pyrrole nitrogens is 1. The van der Waals surface area contributed by atoms with Gasteiger partial charge in [-0.15, -0.1) is 0 Å². The maximum Gasteiger partial charge on any atom is 0.262 e. The minimum absolute atomic E-state index is 0.182. The first-order valence-corrected chi connectivity index (χ1v) is 10.4. The van der Waals surface area contributed by atoms with E-state index in [1.807, 2.05) is 6.07 Å². The lowest BCUT2D eigenvalue weighted by Crippen LogP contribution is -2.27. The van der Waals surface area contributed by atoms with E-state index in [-0.39, 0.29) is 43.7 Å². The van der Waals surface area contributed by atoms with Crippen LogP contribution in [0.2, 0.25) is 0 Å². The van der Waals surface area contributed by atoms with E-state index in [1.165, 1.54) is 18.3 Å². The Bertz CT molecular complexity index is 1320. The maximum atomic E-state index is 14.0. The second-order valence-corrected chi connectivity index (χ2v) is 8.15. The molecule has 1 N–H and O–H groups in total. The predicted molar refractivity (Wildman–Crippen MR) is 113 cm³/mol. The van der Waals surface area contributed by atoms with E-state index in [4.69, 9.17) is 0 Å². The molecule has 5 rings (SSSR count). The number of nitrogens with one attached hydrogen (secondary N) is 1. The van der Waals surface area contributed by atoms with Crippen LogP contribution in [0.15, 0.2) is 53.7 Å². The molecule has 3 heterocycles. The fourth-order valence-electron chi connectivity index (χ4n) is 4.29. The number of halogens is 3. The second kappa shape index (κ2) is 7.89. The summed E-state index contributed by atoms with van der Waals surface area (Å²) in [4.78, 5) is 24.1. The summed E-state index contributed by atoms with van der Waals surface area (Å²) in [5, 5.41) is 4.58. The van der Waals surface area contributed by atoms with Crippen LogP contribution in [-0.2, 0) is 6.42 Å². The van der Waals surface area contributed by atoms with Crippen LogP contribution in [0.3, 0.4) is 0 Å². The van der Waals surface area contributed by atoms with Gasteiger partial charge in [0.1, 0.15) is 17.0 Å². The Balaban J connectivity index is 1.53. The van der Waals surface area contributed by atoms with E-state index in [0.29, 0.717) is 22.4 Å². The van der Waals surface area contributed by atoms with Gasteiger partial charge in [0.2, 0.25) is 5.92 Å². The summed E-state index contributed by atoms with van der Waals surface area (Å²) in [7, 11) is 0.